The molecule has 2 aromatic rings. The number of aromatic nitrogens is 1. The van der Waals surface area contributed by atoms with E-state index < -0.39 is 0 Å². The summed E-state index contributed by atoms with van der Waals surface area (Å²) in [5.41, 5.74) is 2.75. The molecule has 0 amide bonds. The number of pyridine rings is 1. The molecule has 1 atom stereocenters. The van der Waals surface area contributed by atoms with E-state index in [2.05, 4.69) is 58.2 Å². The van der Waals surface area contributed by atoms with E-state index in [0.717, 1.165) is 19.5 Å². The van der Waals surface area contributed by atoms with E-state index in [1.165, 1.54) is 37.1 Å². The van der Waals surface area contributed by atoms with Crippen LogP contribution in [0.5, 0.6) is 0 Å². The Hall–Kier alpha value is -1.71. The number of benzene rings is 1. The number of nitrogens with zero attached hydrogens (tertiary/aromatic N) is 3. The SMILES string of the molecule is CN(CCc1ccccc1)[C@H]1CCCN(Cc2cccnc2)C1. The van der Waals surface area contributed by atoms with Crippen LogP contribution in [0.3, 0.4) is 0 Å². The molecule has 23 heavy (non-hydrogen) atoms. The van der Waals surface area contributed by atoms with Gasteiger partial charge >= 0.3 is 0 Å². The highest BCUT2D eigenvalue weighted by Gasteiger charge is 2.23. The van der Waals surface area contributed by atoms with E-state index in [9.17, 15) is 0 Å². The zero-order chi connectivity index (χ0) is 15.9. The third-order valence-electron chi connectivity index (χ3n) is 4.83. The summed E-state index contributed by atoms with van der Waals surface area (Å²) < 4.78 is 0. The van der Waals surface area contributed by atoms with Crippen molar-refractivity contribution in [3.05, 3.63) is 66.0 Å². The molecular formula is C20H27N3. The Labute approximate surface area is 140 Å². The Morgan fingerprint density at radius 3 is 2.74 bits per heavy atom. The van der Waals surface area contributed by atoms with Crippen molar-refractivity contribution in [1.29, 1.82) is 0 Å². The fourth-order valence-corrected chi connectivity index (χ4v) is 3.42. The van der Waals surface area contributed by atoms with Crippen molar-refractivity contribution < 1.29 is 0 Å². The molecule has 0 bridgehead atoms. The molecule has 122 valence electrons. The summed E-state index contributed by atoms with van der Waals surface area (Å²) >= 11 is 0. The molecule has 0 saturated carbocycles. The minimum absolute atomic E-state index is 0.670. The van der Waals surface area contributed by atoms with Crippen LogP contribution in [0.15, 0.2) is 54.9 Å². The molecule has 3 heteroatoms. The number of piperidine rings is 1. The molecule has 3 rings (SSSR count). The number of rotatable bonds is 6. The Balaban J connectivity index is 1.49. The topological polar surface area (TPSA) is 19.4 Å². The maximum atomic E-state index is 4.23. The van der Waals surface area contributed by atoms with Crippen molar-refractivity contribution >= 4 is 0 Å². The van der Waals surface area contributed by atoms with E-state index in [0.29, 0.717) is 6.04 Å². The van der Waals surface area contributed by atoms with Crippen LogP contribution in [0, 0.1) is 0 Å². The summed E-state index contributed by atoms with van der Waals surface area (Å²) in [5.74, 6) is 0. The predicted octanol–water partition coefficient (Wildman–Crippen LogP) is 3.22. The lowest BCUT2D eigenvalue weighted by atomic mass is 10.0. The van der Waals surface area contributed by atoms with Crippen LogP contribution in [0.4, 0.5) is 0 Å². The fourth-order valence-electron chi connectivity index (χ4n) is 3.42. The second kappa shape index (κ2) is 8.23. The molecule has 1 aliphatic heterocycles. The van der Waals surface area contributed by atoms with Gasteiger partial charge in [0.25, 0.3) is 0 Å². The van der Waals surface area contributed by atoms with Gasteiger partial charge in [-0.25, -0.2) is 0 Å². The molecule has 1 fully saturated rings. The molecule has 0 unspecified atom stereocenters. The molecule has 0 spiro atoms. The number of hydrogen-bond acceptors (Lipinski definition) is 3. The standard InChI is InChI=1S/C20H27N3/c1-22(14-11-18-7-3-2-4-8-18)20-10-6-13-23(17-20)16-19-9-5-12-21-15-19/h2-5,7-9,12,15,20H,6,10-11,13-14,16-17H2,1H3/t20-/m0/s1. The van der Waals surface area contributed by atoms with Gasteiger partial charge in [0.05, 0.1) is 0 Å². The van der Waals surface area contributed by atoms with Crippen LogP contribution in [0.25, 0.3) is 0 Å². The van der Waals surface area contributed by atoms with Gasteiger partial charge in [0.15, 0.2) is 0 Å². The van der Waals surface area contributed by atoms with Crippen LogP contribution in [-0.2, 0) is 13.0 Å². The van der Waals surface area contributed by atoms with Crippen LogP contribution in [0.1, 0.15) is 24.0 Å². The van der Waals surface area contributed by atoms with Gasteiger partial charge in [-0.05, 0) is 50.0 Å². The monoisotopic (exact) mass is 309 g/mol. The second-order valence-electron chi connectivity index (χ2n) is 6.61. The summed E-state index contributed by atoms with van der Waals surface area (Å²) in [6.07, 6.45) is 7.58. The highest BCUT2D eigenvalue weighted by molar-refractivity contribution is 5.15. The highest BCUT2D eigenvalue weighted by Crippen LogP contribution is 2.17. The molecular weight excluding hydrogens is 282 g/mol. The second-order valence-corrected chi connectivity index (χ2v) is 6.61. The molecule has 1 saturated heterocycles. The molecule has 1 aliphatic rings. The van der Waals surface area contributed by atoms with Gasteiger partial charge in [-0.15, -0.1) is 0 Å². The smallest absolute Gasteiger partial charge is 0.0312 e. The van der Waals surface area contributed by atoms with Gasteiger partial charge in [0.2, 0.25) is 0 Å². The maximum Gasteiger partial charge on any atom is 0.0312 e. The lowest BCUT2D eigenvalue weighted by Gasteiger charge is -2.37. The molecule has 1 aromatic heterocycles. The molecule has 0 radical (unpaired) electrons. The van der Waals surface area contributed by atoms with Gasteiger partial charge < -0.3 is 4.90 Å². The van der Waals surface area contributed by atoms with E-state index in [1.54, 1.807) is 0 Å². The third kappa shape index (κ3) is 4.88. The first-order valence-electron chi connectivity index (χ1n) is 8.67. The Morgan fingerprint density at radius 2 is 1.96 bits per heavy atom. The van der Waals surface area contributed by atoms with Gasteiger partial charge in [-0.2, -0.15) is 0 Å². The predicted molar refractivity (Wildman–Crippen MR) is 95.3 cm³/mol. The lowest BCUT2D eigenvalue weighted by molar-refractivity contribution is 0.112. The van der Waals surface area contributed by atoms with Crippen LogP contribution < -0.4 is 0 Å². The molecule has 0 aliphatic carbocycles. The zero-order valence-electron chi connectivity index (χ0n) is 14.1. The van der Waals surface area contributed by atoms with Crippen LogP contribution in [-0.4, -0.2) is 47.5 Å². The first-order valence-corrected chi connectivity index (χ1v) is 8.67. The largest absolute Gasteiger partial charge is 0.302 e. The van der Waals surface area contributed by atoms with E-state index in [1.807, 2.05) is 18.5 Å². The lowest BCUT2D eigenvalue weighted by Crippen LogP contribution is -2.46. The van der Waals surface area contributed by atoms with Crippen molar-refractivity contribution in [3.63, 3.8) is 0 Å². The Morgan fingerprint density at radius 1 is 1.13 bits per heavy atom. The normalized spacial score (nSPS) is 19.1. The first-order chi connectivity index (χ1) is 11.3. The molecule has 2 heterocycles. The van der Waals surface area contributed by atoms with E-state index in [-0.39, 0.29) is 0 Å². The van der Waals surface area contributed by atoms with Gasteiger partial charge in [-0.3, -0.25) is 9.88 Å². The average molecular weight is 309 g/mol. The Kier molecular flexibility index (Phi) is 5.78. The number of likely N-dealkylation sites (tertiary alicyclic amines) is 1. The summed E-state index contributed by atoms with van der Waals surface area (Å²) in [6.45, 7) is 4.53. The summed E-state index contributed by atoms with van der Waals surface area (Å²) in [7, 11) is 2.28. The van der Waals surface area contributed by atoms with Crippen molar-refractivity contribution in [2.45, 2.75) is 31.8 Å². The van der Waals surface area contributed by atoms with Crippen molar-refractivity contribution in [1.82, 2.24) is 14.8 Å². The molecule has 3 nitrogen and oxygen atoms in total. The first kappa shape index (κ1) is 16.2. The third-order valence-corrected chi connectivity index (χ3v) is 4.83. The van der Waals surface area contributed by atoms with Gasteiger partial charge in [-0.1, -0.05) is 36.4 Å². The zero-order valence-corrected chi connectivity index (χ0v) is 14.1. The van der Waals surface area contributed by atoms with Gasteiger partial charge in [0, 0.05) is 38.1 Å². The van der Waals surface area contributed by atoms with Crippen molar-refractivity contribution in [2.75, 3.05) is 26.7 Å². The summed E-state index contributed by atoms with van der Waals surface area (Å²) in [6, 6.07) is 15.7. The molecule has 1 aromatic carbocycles. The van der Waals surface area contributed by atoms with Crippen LogP contribution in [0.2, 0.25) is 0 Å². The maximum absolute atomic E-state index is 4.23. The van der Waals surface area contributed by atoms with Crippen molar-refractivity contribution in [3.8, 4) is 0 Å². The number of hydrogen-bond donors (Lipinski definition) is 0. The van der Waals surface area contributed by atoms with Gasteiger partial charge in [0.1, 0.15) is 0 Å². The summed E-state index contributed by atoms with van der Waals surface area (Å²) in [4.78, 5) is 9.35. The summed E-state index contributed by atoms with van der Waals surface area (Å²) in [5, 5.41) is 0. The van der Waals surface area contributed by atoms with Crippen LogP contribution >= 0.6 is 0 Å². The quantitative estimate of drug-likeness (QED) is 0.817. The van der Waals surface area contributed by atoms with E-state index >= 15 is 0 Å². The number of likely N-dealkylation sites (N-methyl/N-ethyl adjacent to an activating group) is 1. The minimum atomic E-state index is 0.670. The van der Waals surface area contributed by atoms with Crippen molar-refractivity contribution in [2.24, 2.45) is 0 Å². The fraction of sp³-hybridized carbons (Fsp3) is 0.450. The highest BCUT2D eigenvalue weighted by atomic mass is 15.2. The molecule has 0 N–H and O–H groups in total. The van der Waals surface area contributed by atoms with E-state index in [4.69, 9.17) is 0 Å². The average Bonchev–Trinajstić information content (AvgIpc) is 2.62. The minimum Gasteiger partial charge on any atom is -0.302 e. The Bertz CT molecular complexity index is 570.